The van der Waals surface area contributed by atoms with E-state index in [0.29, 0.717) is 0 Å². The van der Waals surface area contributed by atoms with Gasteiger partial charge in [-0.15, -0.1) is 0 Å². The van der Waals surface area contributed by atoms with Gasteiger partial charge >= 0.3 is 31.1 Å². The first-order valence-corrected chi connectivity index (χ1v) is 5.02. The van der Waals surface area contributed by atoms with Crippen molar-refractivity contribution in [3.63, 3.8) is 0 Å². The molecule has 0 atom stereocenters. The summed E-state index contributed by atoms with van der Waals surface area (Å²) >= 11 is 22.2. The monoisotopic (exact) mass is 586 g/mol. The molecule has 0 fully saturated rings. The predicted octanol–water partition coefficient (Wildman–Crippen LogP) is 0.0863. The van der Waals surface area contributed by atoms with Gasteiger partial charge in [-0.25, -0.2) is 31.6 Å². The first kappa shape index (κ1) is 42.9. The topological polar surface area (TPSA) is 143 Å². The Kier molecular flexibility index (Phi) is 369. The van der Waals surface area contributed by atoms with Crippen LogP contribution in [0.2, 0.25) is 0 Å². The molecule has 0 N–H and O–H groups in total. The molecule has 0 aliphatic heterocycles. The summed E-state index contributed by atoms with van der Waals surface area (Å²) in [4.78, 5) is 0. The van der Waals surface area contributed by atoms with E-state index in [1.54, 1.807) is 0 Å². The minimum absolute atomic E-state index is 0. The largest absolute Gasteiger partial charge is 3.00 e. The molecular weight excluding hydrogens is 587 g/mol. The third-order valence-electron chi connectivity index (χ3n) is 0. The zero-order valence-electron chi connectivity index (χ0n) is 8.63. The number of hydrogen-bond donors (Lipinski definition) is 0. The minimum Gasteiger partial charge on any atom is -0.696 e. The maximum atomic E-state index is 7.13. The normalized spacial score (nSPS) is 2.21. The zero-order chi connectivity index (χ0) is 16.2. The van der Waals surface area contributed by atoms with Crippen LogP contribution in [0.15, 0.2) is 0 Å². The van der Waals surface area contributed by atoms with Gasteiger partial charge in [-0.3, -0.25) is 0 Å². The molecule has 0 amide bonds. The first-order valence-electron chi connectivity index (χ1n) is 2.57. The van der Waals surface area contributed by atoms with E-state index >= 15 is 0 Å². The summed E-state index contributed by atoms with van der Waals surface area (Å²) in [5, 5.41) is 50.8. The minimum atomic E-state index is 0. The van der Waals surface area contributed by atoms with E-state index in [1.165, 1.54) is 32.4 Å². The third kappa shape index (κ3) is 8570. The van der Waals surface area contributed by atoms with Crippen molar-refractivity contribution in [3.8, 4) is 32.4 Å². The molecule has 0 aromatic carbocycles. The van der Waals surface area contributed by atoms with Crippen molar-refractivity contribution >= 4 is 75.8 Å². The van der Waals surface area contributed by atoms with Gasteiger partial charge in [0.05, 0.1) is 0 Å². The van der Waals surface area contributed by atoms with E-state index in [4.69, 9.17) is 31.6 Å². The Morgan fingerprint density at radius 2 is 0.368 bits per heavy atom. The second-order valence-electron chi connectivity index (χ2n) is 0.548. The Morgan fingerprint density at radius 3 is 0.368 bits per heavy atom. The summed E-state index contributed by atoms with van der Waals surface area (Å²) in [7, 11) is 0. The van der Waals surface area contributed by atoms with Crippen molar-refractivity contribution < 1.29 is 31.1 Å². The Bertz CT molecular complexity index is 256. The van der Waals surface area contributed by atoms with Crippen LogP contribution in [0.4, 0.5) is 0 Å². The van der Waals surface area contributed by atoms with Gasteiger partial charge in [0.15, 0.2) is 0 Å². The van der Waals surface area contributed by atoms with Crippen LogP contribution in [0, 0.1) is 95.1 Å². The number of nitrogens with zero attached hydrogens (tertiary/aromatic N) is 6. The van der Waals surface area contributed by atoms with E-state index in [0.717, 1.165) is 0 Å². The van der Waals surface area contributed by atoms with Crippen LogP contribution in [-0.4, -0.2) is 0 Å². The molecule has 0 saturated heterocycles. The summed E-state index contributed by atoms with van der Waals surface area (Å²) in [6.45, 7) is 0. The van der Waals surface area contributed by atoms with Gasteiger partial charge in [-0.05, 0) is 0 Å². The van der Waals surface area contributed by atoms with Gasteiger partial charge in [0.2, 0.25) is 0 Å². The second-order valence-corrected chi connectivity index (χ2v) is 1.64. The number of nitriles is 6. The molecule has 0 spiro atoms. The van der Waals surface area contributed by atoms with Gasteiger partial charge in [-0.2, -0.15) is 0 Å². The molecule has 0 aromatic rings. The molecule has 0 unspecified atom stereocenters. The van der Waals surface area contributed by atoms with E-state index in [1.807, 2.05) is 0 Å². The van der Waals surface area contributed by atoms with Gasteiger partial charge in [-0.1, -0.05) is 32.4 Å². The summed E-state index contributed by atoms with van der Waals surface area (Å²) < 4.78 is 0. The van der Waals surface area contributed by atoms with Crippen molar-refractivity contribution in [2.45, 2.75) is 0 Å². The fourth-order valence-electron chi connectivity index (χ4n) is 0. The van der Waals surface area contributed by atoms with Crippen molar-refractivity contribution in [2.75, 3.05) is 0 Å². The SMILES string of the molecule is N#C[S-].N#C[S-].N#C[S-].N#C[S-].N#C[S-].N#C[S-].[U+3]. The van der Waals surface area contributed by atoms with Gasteiger partial charge < -0.3 is 75.8 Å². The molecule has 0 aromatic heterocycles. The molecule has 0 saturated carbocycles. The summed E-state index contributed by atoms with van der Waals surface area (Å²) in [5.74, 6) is 0. The van der Waals surface area contributed by atoms with Crippen molar-refractivity contribution in [3.05, 3.63) is 0 Å². The smallest absolute Gasteiger partial charge is 0.696 e. The first-order chi connectivity index (χ1) is 8.49. The van der Waals surface area contributed by atoms with Gasteiger partial charge in [0.1, 0.15) is 0 Å². The van der Waals surface area contributed by atoms with E-state index in [9.17, 15) is 0 Å². The molecule has 1 radical (unpaired) electrons. The standard InChI is InChI=1S/6CHNS.U/c6*2-1-3;/h6*3H;/q;;;;;;+3/p-6. The van der Waals surface area contributed by atoms with E-state index in [-0.39, 0.29) is 31.1 Å². The molecule has 0 aliphatic carbocycles. The molecule has 0 rings (SSSR count). The van der Waals surface area contributed by atoms with Gasteiger partial charge in [0, 0.05) is 0 Å². The maximum Gasteiger partial charge on any atom is 3.00 e. The van der Waals surface area contributed by atoms with Crippen LogP contribution in [0.1, 0.15) is 0 Å². The predicted molar refractivity (Wildman–Crippen MR) is 77.9 cm³/mol. The van der Waals surface area contributed by atoms with Crippen LogP contribution in [0.25, 0.3) is 0 Å². The number of thiocyanates is 6. The molecule has 13 heteroatoms. The summed E-state index contributed by atoms with van der Waals surface area (Å²) in [5.41, 5.74) is 0. The Balaban J connectivity index is -0.0000000180. The van der Waals surface area contributed by atoms with Crippen molar-refractivity contribution in [1.82, 2.24) is 0 Å². The van der Waals surface area contributed by atoms with Crippen molar-refractivity contribution in [1.29, 1.82) is 31.6 Å². The number of hydrogen-bond acceptors (Lipinski definition) is 12. The summed E-state index contributed by atoms with van der Waals surface area (Å²) in [6, 6.07) is 0. The Morgan fingerprint density at radius 1 is 0.368 bits per heavy atom. The molecule has 19 heavy (non-hydrogen) atoms. The van der Waals surface area contributed by atoms with Crippen molar-refractivity contribution in [2.24, 2.45) is 0 Å². The van der Waals surface area contributed by atoms with Crippen LogP contribution in [-0.2, 0) is 75.8 Å². The Labute approximate surface area is 169 Å². The zero-order valence-corrected chi connectivity index (χ0v) is 17.7. The molecule has 0 heterocycles. The number of rotatable bonds is 0. The quantitative estimate of drug-likeness (QED) is 0.280. The fourth-order valence-corrected chi connectivity index (χ4v) is 0. The molecule has 97 valence electrons. The molecule has 6 nitrogen and oxygen atoms in total. The third-order valence-corrected chi connectivity index (χ3v) is 0. The van der Waals surface area contributed by atoms with Crippen LogP contribution in [0.3, 0.4) is 0 Å². The average molecular weight is 587 g/mol. The fraction of sp³-hybridized carbons (Fsp3) is 0. The van der Waals surface area contributed by atoms with Crippen LogP contribution in [0.5, 0.6) is 0 Å². The molecule has 0 bridgehead atoms. The van der Waals surface area contributed by atoms with Crippen LogP contribution >= 0.6 is 0 Å². The summed E-state index contributed by atoms with van der Waals surface area (Å²) in [6.07, 6.45) is 0. The molecular formula is C6N6S6U-3. The van der Waals surface area contributed by atoms with E-state index in [2.05, 4.69) is 75.8 Å². The molecule has 0 aliphatic rings. The van der Waals surface area contributed by atoms with Crippen LogP contribution < -0.4 is 0 Å². The van der Waals surface area contributed by atoms with Gasteiger partial charge in [0.25, 0.3) is 0 Å². The average Bonchev–Trinajstić information content (AvgIpc) is 2.23. The maximum absolute atomic E-state index is 7.13. The van der Waals surface area contributed by atoms with E-state index < -0.39 is 0 Å². The Hall–Kier alpha value is -0.688. The second kappa shape index (κ2) is 163.